The number of nitrogens with zero attached hydrogens (tertiary/aromatic N) is 4. The fourth-order valence-corrected chi connectivity index (χ4v) is 3.62. The average Bonchev–Trinajstić information content (AvgIpc) is 2.96. The second kappa shape index (κ2) is 10.1. The lowest BCUT2D eigenvalue weighted by atomic mass is 10.2. The molecule has 2 rings (SSSR count). The molecule has 3 N–H and O–H groups in total. The second-order valence-electron chi connectivity index (χ2n) is 6.60. The van der Waals surface area contributed by atoms with Crippen LogP contribution in [0.1, 0.15) is 33.0 Å². The molecule has 152 valence electrons. The van der Waals surface area contributed by atoms with Gasteiger partial charge in [-0.2, -0.15) is 0 Å². The molecule has 8 nitrogen and oxygen atoms in total. The first-order chi connectivity index (χ1) is 13.2. The van der Waals surface area contributed by atoms with E-state index in [0.29, 0.717) is 34.9 Å². The first kappa shape index (κ1) is 22.4. The van der Waals surface area contributed by atoms with E-state index in [2.05, 4.69) is 34.3 Å². The van der Waals surface area contributed by atoms with Gasteiger partial charge in [0.05, 0.1) is 15.3 Å². The number of hydrogen-bond acceptors (Lipinski definition) is 6. The first-order valence-corrected chi connectivity index (χ1v) is 10.3. The average molecular weight is 445 g/mol. The third-order valence-corrected chi connectivity index (χ3v) is 5.21. The Bertz CT molecular complexity index is 858. The molecule has 28 heavy (non-hydrogen) atoms. The van der Waals surface area contributed by atoms with Crippen molar-refractivity contribution < 1.29 is 9.59 Å². The van der Waals surface area contributed by atoms with Crippen LogP contribution in [0.4, 0.5) is 5.82 Å². The van der Waals surface area contributed by atoms with E-state index < -0.39 is 11.2 Å². The van der Waals surface area contributed by atoms with Gasteiger partial charge < -0.3 is 15.6 Å². The Hall–Kier alpha value is -1.84. The quantitative estimate of drug-likeness (QED) is 0.573. The van der Waals surface area contributed by atoms with E-state index in [1.165, 1.54) is 24.0 Å². The molecular formula is C17H22Cl2N6O2S. The minimum Gasteiger partial charge on any atom is -0.370 e. The summed E-state index contributed by atoms with van der Waals surface area (Å²) in [6.45, 7) is 6.55. The predicted octanol–water partition coefficient (Wildman–Crippen LogP) is 3.17. The summed E-state index contributed by atoms with van der Waals surface area (Å²) < 4.78 is 1.93. The van der Waals surface area contributed by atoms with Gasteiger partial charge in [0.25, 0.3) is 0 Å². The highest BCUT2D eigenvalue weighted by atomic mass is 35.5. The number of primary amides is 1. The zero-order valence-corrected chi connectivity index (χ0v) is 18.1. The van der Waals surface area contributed by atoms with Crippen molar-refractivity contribution in [1.82, 2.24) is 19.7 Å². The highest BCUT2D eigenvalue weighted by Crippen LogP contribution is 2.27. The molecule has 0 fully saturated rings. The molecule has 0 saturated carbocycles. The molecule has 0 saturated heterocycles. The van der Waals surface area contributed by atoms with E-state index in [1.54, 1.807) is 6.92 Å². The Balaban J connectivity index is 2.11. The fourth-order valence-electron chi connectivity index (χ4n) is 2.31. The van der Waals surface area contributed by atoms with Gasteiger partial charge in [0, 0.05) is 25.6 Å². The summed E-state index contributed by atoms with van der Waals surface area (Å²) in [4.78, 5) is 27.6. The molecule has 0 spiro atoms. The molecular weight excluding hydrogens is 423 g/mol. The van der Waals surface area contributed by atoms with E-state index in [-0.39, 0.29) is 23.2 Å². The number of rotatable bonds is 9. The lowest BCUT2D eigenvalue weighted by molar-refractivity contribution is -0.118. The summed E-state index contributed by atoms with van der Waals surface area (Å²) >= 11 is 13.1. The van der Waals surface area contributed by atoms with Gasteiger partial charge in [0.15, 0.2) is 11.0 Å². The monoisotopic (exact) mass is 444 g/mol. The molecule has 0 unspecified atom stereocenters. The maximum atomic E-state index is 12.5. The zero-order valence-electron chi connectivity index (χ0n) is 15.8. The van der Waals surface area contributed by atoms with Gasteiger partial charge in [0.1, 0.15) is 5.82 Å². The zero-order chi connectivity index (χ0) is 20.8. The number of thioether (sulfide) groups is 1. The standard InChI is InChI=1S/C17H22Cl2N6O2S/c1-9(2)8-25-14(5-4-13(20)26)23-24-17(25)28-10(3)16(27)22-15-12(19)6-11(18)7-21-15/h6-7,9-10H,4-5,8H2,1-3H3,(H2,20,26)(H,21,22,27)/t10-/m1/s1. The summed E-state index contributed by atoms with van der Waals surface area (Å²) in [6, 6.07) is 1.51. The summed E-state index contributed by atoms with van der Waals surface area (Å²) in [5.41, 5.74) is 5.23. The SMILES string of the molecule is CC(C)Cn1c(CCC(N)=O)nnc1S[C@H](C)C(=O)Nc1ncc(Cl)cc1Cl. The van der Waals surface area contributed by atoms with Crippen molar-refractivity contribution in [1.29, 1.82) is 0 Å². The lowest BCUT2D eigenvalue weighted by Gasteiger charge is -2.15. The first-order valence-electron chi connectivity index (χ1n) is 8.66. The summed E-state index contributed by atoms with van der Waals surface area (Å²) in [7, 11) is 0. The van der Waals surface area contributed by atoms with Crippen molar-refractivity contribution in [3.63, 3.8) is 0 Å². The summed E-state index contributed by atoms with van der Waals surface area (Å²) in [6.07, 6.45) is 2.00. The van der Waals surface area contributed by atoms with Crippen LogP contribution in [0, 0.1) is 5.92 Å². The second-order valence-corrected chi connectivity index (χ2v) is 8.75. The highest BCUT2D eigenvalue weighted by molar-refractivity contribution is 8.00. The van der Waals surface area contributed by atoms with Crippen LogP contribution in [0.3, 0.4) is 0 Å². The Labute approximate surface area is 177 Å². The number of carbonyl (C=O) groups is 2. The molecule has 2 aromatic heterocycles. The van der Waals surface area contributed by atoms with Crippen LogP contribution in [-0.4, -0.2) is 36.8 Å². The van der Waals surface area contributed by atoms with Gasteiger partial charge in [-0.25, -0.2) is 4.98 Å². The number of amides is 2. The topological polar surface area (TPSA) is 116 Å². The van der Waals surface area contributed by atoms with Gasteiger partial charge in [-0.15, -0.1) is 10.2 Å². The number of carbonyl (C=O) groups excluding carboxylic acids is 2. The molecule has 2 aromatic rings. The highest BCUT2D eigenvalue weighted by Gasteiger charge is 2.22. The molecule has 2 amide bonds. The number of hydrogen-bond donors (Lipinski definition) is 2. The minimum absolute atomic E-state index is 0.192. The Morgan fingerprint density at radius 1 is 1.29 bits per heavy atom. The van der Waals surface area contributed by atoms with E-state index in [9.17, 15) is 9.59 Å². The van der Waals surface area contributed by atoms with E-state index in [0.717, 1.165) is 0 Å². The van der Waals surface area contributed by atoms with Gasteiger partial charge in [-0.3, -0.25) is 9.59 Å². The molecule has 0 bridgehead atoms. The molecule has 11 heteroatoms. The fraction of sp³-hybridized carbons (Fsp3) is 0.471. The Morgan fingerprint density at radius 2 is 2.00 bits per heavy atom. The van der Waals surface area contributed by atoms with Gasteiger partial charge >= 0.3 is 0 Å². The summed E-state index contributed by atoms with van der Waals surface area (Å²) in [5, 5.41) is 11.8. The van der Waals surface area contributed by atoms with Crippen molar-refractivity contribution in [3.8, 4) is 0 Å². The van der Waals surface area contributed by atoms with Gasteiger partial charge in [-0.05, 0) is 18.9 Å². The van der Waals surface area contributed by atoms with Crippen LogP contribution in [-0.2, 0) is 22.6 Å². The Kier molecular flexibility index (Phi) is 8.09. The maximum Gasteiger partial charge on any atom is 0.238 e. The van der Waals surface area contributed by atoms with Crippen molar-refractivity contribution in [2.45, 2.75) is 50.6 Å². The van der Waals surface area contributed by atoms with Crippen LogP contribution in [0.25, 0.3) is 0 Å². The lowest BCUT2D eigenvalue weighted by Crippen LogP contribution is -2.24. The number of pyridine rings is 1. The molecule has 0 aliphatic carbocycles. The Morgan fingerprint density at radius 3 is 2.61 bits per heavy atom. The molecule has 2 heterocycles. The van der Waals surface area contributed by atoms with E-state index in [1.807, 2.05) is 4.57 Å². The van der Waals surface area contributed by atoms with E-state index >= 15 is 0 Å². The minimum atomic E-state index is -0.479. The van der Waals surface area contributed by atoms with Crippen molar-refractivity contribution in [2.24, 2.45) is 11.7 Å². The molecule has 0 aliphatic heterocycles. The van der Waals surface area contributed by atoms with Crippen LogP contribution in [0.2, 0.25) is 10.0 Å². The van der Waals surface area contributed by atoms with Crippen molar-refractivity contribution >= 4 is 52.6 Å². The molecule has 0 aliphatic rings. The number of anilines is 1. The normalized spacial score (nSPS) is 12.2. The maximum absolute atomic E-state index is 12.5. The number of nitrogens with one attached hydrogen (secondary N) is 1. The molecule has 1 atom stereocenters. The van der Waals surface area contributed by atoms with Crippen LogP contribution < -0.4 is 11.1 Å². The van der Waals surface area contributed by atoms with Crippen molar-refractivity contribution in [3.05, 3.63) is 28.1 Å². The largest absolute Gasteiger partial charge is 0.370 e. The van der Waals surface area contributed by atoms with Crippen molar-refractivity contribution in [2.75, 3.05) is 5.32 Å². The molecule has 0 aromatic carbocycles. The van der Waals surface area contributed by atoms with Gasteiger partial charge in [-0.1, -0.05) is 48.8 Å². The smallest absolute Gasteiger partial charge is 0.238 e. The number of aromatic nitrogens is 4. The number of halogens is 2. The van der Waals surface area contributed by atoms with Crippen LogP contribution in [0.5, 0.6) is 0 Å². The van der Waals surface area contributed by atoms with Crippen LogP contribution in [0.15, 0.2) is 17.4 Å². The summed E-state index contributed by atoms with van der Waals surface area (Å²) in [5.74, 6) is 0.580. The van der Waals surface area contributed by atoms with Crippen LogP contribution >= 0.6 is 35.0 Å². The molecule has 0 radical (unpaired) electrons. The number of nitrogens with two attached hydrogens (primary N) is 1. The predicted molar refractivity (Wildman–Crippen MR) is 111 cm³/mol. The van der Waals surface area contributed by atoms with Gasteiger partial charge in [0.2, 0.25) is 11.8 Å². The third-order valence-electron chi connectivity index (χ3n) is 3.64. The number of aryl methyl sites for hydroxylation is 1. The third kappa shape index (κ3) is 6.35. The van der Waals surface area contributed by atoms with E-state index in [4.69, 9.17) is 28.9 Å².